The molecule has 28 heavy (non-hydrogen) atoms. The summed E-state index contributed by atoms with van der Waals surface area (Å²) in [4.78, 5) is 11.0. The van der Waals surface area contributed by atoms with Crippen LogP contribution in [0.4, 0.5) is 0 Å². The number of aliphatic hydroxyl groups is 2. The number of hydrogen-bond acceptors (Lipinski definition) is 3. The number of carbonyl (C=O) groups is 1. The largest absolute Gasteiger partial charge is 0.481 e. The standard InChI is InChI=1S/C24H34O4/c1-23-12-10-20-18(19(23)7-4-16(23)5-8-22(27)28)6-3-17-13-15(21(26)14-25)9-11-24(17,20)2/h3,5,10,15,18-19,21,25-26H,4,6-9,11-14H2,1-2H3,(H,27,28)/t15?,18-,19-,21?,23+,24-/m0/s1. The zero-order valence-electron chi connectivity index (χ0n) is 17.2. The monoisotopic (exact) mass is 386 g/mol. The number of rotatable bonds is 4. The molecule has 0 saturated heterocycles. The lowest BCUT2D eigenvalue weighted by Gasteiger charge is -2.53. The van der Waals surface area contributed by atoms with Gasteiger partial charge in [-0.2, -0.15) is 0 Å². The number of hydrogen-bond donors (Lipinski definition) is 3. The predicted octanol–water partition coefficient (Wildman–Crippen LogP) is 4.24. The Morgan fingerprint density at radius 3 is 2.82 bits per heavy atom. The molecule has 3 N–H and O–H groups in total. The summed E-state index contributed by atoms with van der Waals surface area (Å²) in [5.41, 5.74) is 4.62. The molecule has 154 valence electrons. The van der Waals surface area contributed by atoms with E-state index in [0.29, 0.717) is 11.8 Å². The van der Waals surface area contributed by atoms with Gasteiger partial charge in [0.2, 0.25) is 0 Å². The van der Waals surface area contributed by atoms with E-state index in [1.165, 1.54) is 11.1 Å². The molecule has 4 nitrogen and oxygen atoms in total. The quantitative estimate of drug-likeness (QED) is 0.632. The van der Waals surface area contributed by atoms with Crippen LogP contribution in [0.15, 0.2) is 34.9 Å². The molecule has 4 aliphatic carbocycles. The third-order valence-corrected chi connectivity index (χ3v) is 8.62. The van der Waals surface area contributed by atoms with Crippen molar-refractivity contribution in [3.05, 3.63) is 34.9 Å². The van der Waals surface area contributed by atoms with E-state index in [9.17, 15) is 15.0 Å². The van der Waals surface area contributed by atoms with Gasteiger partial charge in [0.15, 0.2) is 0 Å². The minimum atomic E-state index is -0.744. The Morgan fingerprint density at radius 2 is 2.11 bits per heavy atom. The molecule has 0 aromatic rings. The Labute approximate surface area is 168 Å². The summed E-state index contributed by atoms with van der Waals surface area (Å²) in [6.45, 7) is 4.59. The average molecular weight is 387 g/mol. The van der Waals surface area contributed by atoms with Crippen LogP contribution in [0.5, 0.6) is 0 Å². The molecule has 0 bridgehead atoms. The fraction of sp³-hybridized carbons (Fsp3) is 0.708. The molecule has 0 aliphatic heterocycles. The number of aliphatic carboxylic acids is 1. The van der Waals surface area contributed by atoms with Crippen LogP contribution < -0.4 is 0 Å². The van der Waals surface area contributed by atoms with Crippen molar-refractivity contribution in [3.63, 3.8) is 0 Å². The smallest absolute Gasteiger partial charge is 0.307 e. The molecular formula is C24H34O4. The van der Waals surface area contributed by atoms with Gasteiger partial charge in [-0.15, -0.1) is 0 Å². The molecule has 4 rings (SSSR count). The van der Waals surface area contributed by atoms with Gasteiger partial charge in [-0.25, -0.2) is 0 Å². The van der Waals surface area contributed by atoms with E-state index < -0.39 is 12.1 Å². The van der Waals surface area contributed by atoms with Crippen LogP contribution in [0.2, 0.25) is 0 Å². The van der Waals surface area contributed by atoms with Gasteiger partial charge in [0.1, 0.15) is 0 Å². The van der Waals surface area contributed by atoms with Crippen molar-refractivity contribution in [2.75, 3.05) is 6.61 Å². The SMILES string of the molecule is C[C@]12CCC(C(O)CO)CC1=CC[C@@H]1C2=CC[C@]2(C)C(=CCC(=O)O)CC[C@@H]12. The summed E-state index contributed by atoms with van der Waals surface area (Å²) in [5.74, 6) is 0.587. The van der Waals surface area contributed by atoms with E-state index >= 15 is 0 Å². The average Bonchev–Trinajstić information content (AvgIpc) is 3.01. The topological polar surface area (TPSA) is 77.8 Å². The molecule has 0 heterocycles. The highest BCUT2D eigenvalue weighted by molar-refractivity contribution is 5.68. The fourth-order valence-corrected chi connectivity index (χ4v) is 6.87. The Balaban J connectivity index is 1.61. The summed E-state index contributed by atoms with van der Waals surface area (Å²) >= 11 is 0. The lowest BCUT2D eigenvalue weighted by Crippen LogP contribution is -2.44. The second-order valence-corrected chi connectivity index (χ2v) is 9.91. The van der Waals surface area contributed by atoms with E-state index in [4.69, 9.17) is 5.11 Å². The zero-order chi connectivity index (χ0) is 20.1. The molecule has 4 heteroatoms. The van der Waals surface area contributed by atoms with Gasteiger partial charge >= 0.3 is 5.97 Å². The van der Waals surface area contributed by atoms with Gasteiger partial charge in [0.05, 0.1) is 19.1 Å². The highest BCUT2D eigenvalue weighted by Crippen LogP contribution is 2.64. The normalized spacial score (nSPS) is 42.1. The molecule has 0 radical (unpaired) electrons. The van der Waals surface area contributed by atoms with E-state index in [-0.39, 0.29) is 29.8 Å². The van der Waals surface area contributed by atoms with E-state index in [0.717, 1.165) is 44.9 Å². The first-order valence-corrected chi connectivity index (χ1v) is 10.9. The van der Waals surface area contributed by atoms with Crippen LogP contribution in [0.25, 0.3) is 0 Å². The maximum Gasteiger partial charge on any atom is 0.307 e. The predicted molar refractivity (Wildman–Crippen MR) is 109 cm³/mol. The summed E-state index contributed by atoms with van der Waals surface area (Å²) in [7, 11) is 0. The van der Waals surface area contributed by atoms with Gasteiger partial charge in [-0.05, 0) is 68.1 Å². The van der Waals surface area contributed by atoms with Gasteiger partial charge in [-0.3, -0.25) is 4.79 Å². The van der Waals surface area contributed by atoms with Crippen LogP contribution in [0.3, 0.4) is 0 Å². The van der Waals surface area contributed by atoms with E-state index in [1.54, 1.807) is 5.57 Å². The van der Waals surface area contributed by atoms with Crippen molar-refractivity contribution < 1.29 is 20.1 Å². The molecule has 0 amide bonds. The molecule has 2 fully saturated rings. The lowest BCUT2D eigenvalue weighted by molar-refractivity contribution is -0.136. The third kappa shape index (κ3) is 3.00. The Hall–Kier alpha value is -1.39. The van der Waals surface area contributed by atoms with Crippen LogP contribution >= 0.6 is 0 Å². The van der Waals surface area contributed by atoms with Gasteiger partial charge in [0, 0.05) is 5.41 Å². The summed E-state index contributed by atoms with van der Waals surface area (Å²) in [6, 6.07) is 0. The lowest BCUT2D eigenvalue weighted by atomic mass is 9.51. The molecular weight excluding hydrogens is 352 g/mol. The third-order valence-electron chi connectivity index (χ3n) is 8.62. The number of fused-ring (bicyclic) bond motifs is 5. The minimum absolute atomic E-state index is 0.101. The second kappa shape index (κ2) is 7.14. The number of carboxylic acid groups (broad SMARTS) is 1. The molecule has 2 unspecified atom stereocenters. The van der Waals surface area contributed by atoms with Crippen LogP contribution in [-0.4, -0.2) is 34.0 Å². The molecule has 6 atom stereocenters. The van der Waals surface area contributed by atoms with Crippen molar-refractivity contribution in [3.8, 4) is 0 Å². The second-order valence-electron chi connectivity index (χ2n) is 9.91. The Morgan fingerprint density at radius 1 is 1.32 bits per heavy atom. The first-order chi connectivity index (χ1) is 13.3. The van der Waals surface area contributed by atoms with Gasteiger partial charge < -0.3 is 15.3 Å². The fourth-order valence-electron chi connectivity index (χ4n) is 6.87. The highest BCUT2D eigenvalue weighted by Gasteiger charge is 2.54. The van der Waals surface area contributed by atoms with Crippen molar-refractivity contribution >= 4 is 5.97 Å². The molecule has 4 aliphatic rings. The maximum absolute atomic E-state index is 11.0. The van der Waals surface area contributed by atoms with Crippen LogP contribution in [-0.2, 0) is 4.79 Å². The summed E-state index contributed by atoms with van der Waals surface area (Å²) in [6.07, 6.45) is 13.6. The van der Waals surface area contributed by atoms with Crippen molar-refractivity contribution in [1.82, 2.24) is 0 Å². The highest BCUT2D eigenvalue weighted by atomic mass is 16.4. The number of allylic oxidation sites excluding steroid dienone is 5. The van der Waals surface area contributed by atoms with Crippen molar-refractivity contribution in [2.45, 2.75) is 71.3 Å². The first kappa shape index (κ1) is 19.9. The molecule has 2 saturated carbocycles. The molecule has 0 aromatic heterocycles. The maximum atomic E-state index is 11.0. The number of carboxylic acids is 1. The van der Waals surface area contributed by atoms with Crippen molar-refractivity contribution in [1.29, 1.82) is 0 Å². The van der Waals surface area contributed by atoms with E-state index in [1.807, 2.05) is 6.08 Å². The molecule has 0 aromatic carbocycles. The van der Waals surface area contributed by atoms with Crippen LogP contribution in [0, 0.1) is 28.6 Å². The zero-order valence-corrected chi connectivity index (χ0v) is 17.2. The first-order valence-electron chi connectivity index (χ1n) is 10.9. The summed E-state index contributed by atoms with van der Waals surface area (Å²) in [5, 5.41) is 28.6. The van der Waals surface area contributed by atoms with Crippen LogP contribution in [0.1, 0.15) is 65.2 Å². The van der Waals surface area contributed by atoms with E-state index in [2.05, 4.69) is 26.0 Å². The van der Waals surface area contributed by atoms with Gasteiger partial charge in [0.25, 0.3) is 0 Å². The molecule has 0 spiro atoms. The summed E-state index contributed by atoms with van der Waals surface area (Å²) < 4.78 is 0. The number of aliphatic hydroxyl groups excluding tert-OH is 2. The minimum Gasteiger partial charge on any atom is -0.481 e. The van der Waals surface area contributed by atoms with Crippen molar-refractivity contribution in [2.24, 2.45) is 28.6 Å². The van der Waals surface area contributed by atoms with Gasteiger partial charge in [-0.1, -0.05) is 48.8 Å². The Bertz CT molecular complexity index is 748. The Kier molecular flexibility index (Phi) is 5.08.